The topological polar surface area (TPSA) is 42.9 Å². The third-order valence-corrected chi connectivity index (χ3v) is 3.40. The van der Waals surface area contributed by atoms with E-state index in [0.29, 0.717) is 0 Å². The van der Waals surface area contributed by atoms with Gasteiger partial charge in [0.25, 0.3) is 0 Å². The summed E-state index contributed by atoms with van der Waals surface area (Å²) in [6.07, 6.45) is 2.13. The predicted molar refractivity (Wildman–Crippen MR) is 70.8 cm³/mol. The van der Waals surface area contributed by atoms with Crippen molar-refractivity contribution in [2.45, 2.75) is 0 Å². The fraction of sp³-hybridized carbons (Fsp3) is 0.462. The molecule has 5 heteroatoms. The van der Waals surface area contributed by atoms with Gasteiger partial charge >= 0.3 is 0 Å². The second kappa shape index (κ2) is 5.37. The average Bonchev–Trinajstić information content (AvgIpc) is 2.46. The molecule has 1 fully saturated rings. The van der Waals surface area contributed by atoms with E-state index >= 15 is 0 Å². The van der Waals surface area contributed by atoms with E-state index in [1.807, 2.05) is 18.2 Å². The number of piperazine rings is 1. The van der Waals surface area contributed by atoms with Gasteiger partial charge in [-0.05, 0) is 6.07 Å². The fourth-order valence-corrected chi connectivity index (χ4v) is 2.31. The van der Waals surface area contributed by atoms with E-state index < -0.39 is 0 Å². The van der Waals surface area contributed by atoms with Crippen LogP contribution in [0.25, 0.3) is 6.20 Å². The molecular formula is C13H19N5. The van der Waals surface area contributed by atoms with Crippen LogP contribution in [-0.4, -0.2) is 49.2 Å². The molecule has 0 atom stereocenters. The van der Waals surface area contributed by atoms with E-state index in [1.165, 1.54) is 5.22 Å². The first-order valence-corrected chi connectivity index (χ1v) is 6.52. The predicted octanol–water partition coefficient (Wildman–Crippen LogP) is -1.32. The lowest BCUT2D eigenvalue weighted by Crippen LogP contribution is -2.48. The highest BCUT2D eigenvalue weighted by atomic mass is 15.7. The number of nitrogens with zero attached hydrogens (tertiary/aromatic N) is 3. The van der Waals surface area contributed by atoms with Crippen molar-refractivity contribution in [3.8, 4) is 0 Å². The highest BCUT2D eigenvalue weighted by Crippen LogP contribution is 1.94. The molecular weight excluding hydrogens is 226 g/mol. The van der Waals surface area contributed by atoms with Crippen LogP contribution in [-0.2, 0) is 0 Å². The zero-order valence-electron chi connectivity index (χ0n) is 10.5. The molecule has 0 saturated carbocycles. The third-order valence-electron chi connectivity index (χ3n) is 3.40. The molecule has 2 aliphatic heterocycles. The number of hydrogen-bond acceptors (Lipinski definition) is 5. The van der Waals surface area contributed by atoms with Crippen molar-refractivity contribution < 1.29 is 0 Å². The maximum absolute atomic E-state index is 4.35. The highest BCUT2D eigenvalue weighted by molar-refractivity contribution is 5.22. The van der Waals surface area contributed by atoms with E-state index in [0.717, 1.165) is 44.6 Å². The van der Waals surface area contributed by atoms with E-state index in [9.17, 15) is 0 Å². The molecule has 0 aromatic heterocycles. The first-order chi connectivity index (χ1) is 8.92. The van der Waals surface area contributed by atoms with Gasteiger partial charge in [-0.25, -0.2) is 5.53 Å². The van der Waals surface area contributed by atoms with E-state index in [2.05, 4.69) is 38.1 Å². The van der Waals surface area contributed by atoms with Crippen LogP contribution >= 0.6 is 0 Å². The average molecular weight is 245 g/mol. The summed E-state index contributed by atoms with van der Waals surface area (Å²) in [5.74, 6) is 0. The van der Waals surface area contributed by atoms with Crippen molar-refractivity contribution >= 4 is 6.20 Å². The van der Waals surface area contributed by atoms with Crippen LogP contribution in [0.3, 0.4) is 0 Å². The summed E-state index contributed by atoms with van der Waals surface area (Å²) >= 11 is 0. The largest absolute Gasteiger partial charge is 0.314 e. The molecule has 1 aromatic rings. The Kier molecular flexibility index (Phi) is 3.43. The van der Waals surface area contributed by atoms with Crippen molar-refractivity contribution in [1.29, 1.82) is 0 Å². The molecule has 2 heterocycles. The van der Waals surface area contributed by atoms with Gasteiger partial charge in [-0.3, -0.25) is 9.91 Å². The van der Waals surface area contributed by atoms with Gasteiger partial charge in [0.1, 0.15) is 0 Å². The second-order valence-corrected chi connectivity index (χ2v) is 4.68. The minimum Gasteiger partial charge on any atom is -0.314 e. The zero-order chi connectivity index (χ0) is 12.2. The van der Waals surface area contributed by atoms with Crippen LogP contribution in [0.5, 0.6) is 0 Å². The van der Waals surface area contributed by atoms with Gasteiger partial charge in [-0.15, -0.1) is 0 Å². The number of hydrogen-bond donors (Lipinski definition) is 2. The number of nitrogens with one attached hydrogen (secondary N) is 2. The molecule has 2 N–H and O–H groups in total. The van der Waals surface area contributed by atoms with Gasteiger partial charge in [0.05, 0.1) is 11.9 Å². The molecule has 18 heavy (non-hydrogen) atoms. The van der Waals surface area contributed by atoms with Crippen molar-refractivity contribution in [3.05, 3.63) is 34.8 Å². The van der Waals surface area contributed by atoms with Gasteiger partial charge in [0.15, 0.2) is 0 Å². The molecule has 2 aliphatic rings. The molecule has 0 amide bonds. The number of benzene rings is 1. The summed E-state index contributed by atoms with van der Waals surface area (Å²) < 4.78 is 0. The van der Waals surface area contributed by atoms with E-state index in [4.69, 9.17) is 0 Å². The van der Waals surface area contributed by atoms with E-state index in [-0.39, 0.29) is 0 Å². The molecule has 1 aromatic carbocycles. The number of para-hydroxylation sites is 1. The molecule has 0 radical (unpaired) electrons. The minimum absolute atomic E-state index is 0.956. The summed E-state index contributed by atoms with van der Waals surface area (Å²) in [7, 11) is 0. The maximum Gasteiger partial charge on any atom is 0.0937 e. The first-order valence-electron chi connectivity index (χ1n) is 6.52. The standard InChI is InChI=1S/C13H19N5/c1-2-4-13-12(3-1)11-18(16-15-13)10-9-17-7-5-14-6-8-17/h1-4,11,14,16H,5-10H2. The molecule has 3 rings (SSSR count). The Morgan fingerprint density at radius 3 is 2.83 bits per heavy atom. The van der Waals surface area contributed by atoms with E-state index in [1.54, 1.807) is 0 Å². The number of hydrazine groups is 1. The molecule has 96 valence electrons. The van der Waals surface area contributed by atoms with Crippen molar-refractivity contribution in [1.82, 2.24) is 20.8 Å². The molecule has 0 bridgehead atoms. The Labute approximate surface area is 107 Å². The molecule has 1 saturated heterocycles. The Morgan fingerprint density at radius 1 is 1.11 bits per heavy atom. The van der Waals surface area contributed by atoms with Gasteiger partial charge in [0, 0.05) is 44.1 Å². The zero-order valence-corrected chi connectivity index (χ0v) is 10.5. The van der Waals surface area contributed by atoms with Crippen LogP contribution in [0.15, 0.2) is 29.4 Å². The smallest absolute Gasteiger partial charge is 0.0937 e. The normalized spacial score (nSPS) is 19.4. The SMILES string of the molecule is C1=c2ccccc2=NNN1CCN1CCNCC1. The Balaban J connectivity index is 1.60. The minimum atomic E-state index is 0.956. The lowest BCUT2D eigenvalue weighted by atomic mass is 10.3. The quantitative estimate of drug-likeness (QED) is 0.693. The van der Waals surface area contributed by atoms with Gasteiger partial charge in [-0.1, -0.05) is 18.2 Å². The van der Waals surface area contributed by atoms with Gasteiger partial charge in [-0.2, -0.15) is 5.10 Å². The van der Waals surface area contributed by atoms with Gasteiger partial charge in [0.2, 0.25) is 0 Å². The first kappa shape index (κ1) is 11.5. The second-order valence-electron chi connectivity index (χ2n) is 4.68. The Hall–Kier alpha value is -1.59. The van der Waals surface area contributed by atoms with Crippen molar-refractivity contribution in [2.75, 3.05) is 39.3 Å². The third kappa shape index (κ3) is 2.63. The molecule has 0 unspecified atom stereocenters. The maximum atomic E-state index is 4.35. The highest BCUT2D eigenvalue weighted by Gasteiger charge is 2.10. The lowest BCUT2D eigenvalue weighted by molar-refractivity contribution is 0.197. The summed E-state index contributed by atoms with van der Waals surface area (Å²) in [6, 6.07) is 8.17. The van der Waals surface area contributed by atoms with Crippen LogP contribution in [0.2, 0.25) is 0 Å². The van der Waals surface area contributed by atoms with Gasteiger partial charge < -0.3 is 5.32 Å². The monoisotopic (exact) mass is 245 g/mol. The molecule has 0 spiro atoms. The summed E-state index contributed by atoms with van der Waals surface area (Å²) in [4.78, 5) is 2.48. The Bertz CT molecular complexity index is 506. The van der Waals surface area contributed by atoms with Crippen LogP contribution in [0.4, 0.5) is 0 Å². The molecule has 5 nitrogen and oxygen atoms in total. The number of fused-ring (bicyclic) bond motifs is 1. The van der Waals surface area contributed by atoms with Crippen LogP contribution in [0, 0.1) is 0 Å². The van der Waals surface area contributed by atoms with Crippen molar-refractivity contribution in [2.24, 2.45) is 5.10 Å². The van der Waals surface area contributed by atoms with Crippen molar-refractivity contribution in [3.63, 3.8) is 0 Å². The summed E-state index contributed by atoms with van der Waals surface area (Å²) in [6.45, 7) is 6.51. The number of rotatable bonds is 3. The molecule has 0 aliphatic carbocycles. The summed E-state index contributed by atoms with van der Waals surface area (Å²) in [5.41, 5.74) is 3.08. The lowest BCUT2D eigenvalue weighted by Gasteiger charge is -2.30. The van der Waals surface area contributed by atoms with Crippen LogP contribution in [0.1, 0.15) is 0 Å². The summed E-state index contributed by atoms with van der Waals surface area (Å²) in [5, 5.41) is 12.0. The fourth-order valence-electron chi connectivity index (χ4n) is 2.31. The Morgan fingerprint density at radius 2 is 1.94 bits per heavy atom. The van der Waals surface area contributed by atoms with Crippen LogP contribution < -0.4 is 21.4 Å².